The molecule has 0 radical (unpaired) electrons. The average Bonchev–Trinajstić information content (AvgIpc) is 3.31. The van der Waals surface area contributed by atoms with Gasteiger partial charge in [0.1, 0.15) is 0 Å². The number of H-pyrrole nitrogens is 1. The van der Waals surface area contributed by atoms with Crippen LogP contribution in [0, 0.1) is 5.92 Å². The van der Waals surface area contributed by atoms with Crippen LogP contribution in [0.5, 0.6) is 0 Å². The van der Waals surface area contributed by atoms with Crippen molar-refractivity contribution >= 4 is 26.8 Å². The maximum atomic E-state index is 13.1. The van der Waals surface area contributed by atoms with Crippen molar-refractivity contribution in [1.82, 2.24) is 19.4 Å². The number of hydrogen-bond acceptors (Lipinski definition) is 5. The molecule has 2 aromatic rings. The first kappa shape index (κ1) is 20.8. The predicted molar refractivity (Wildman–Crippen MR) is 119 cm³/mol. The first-order valence-electron chi connectivity index (χ1n) is 11.3. The standard InChI is InChI=1S/C22H30N4O4S/c27-21(16-5-10-24(11-6-16)18-9-14-31(29,30)15-18)25-12-7-17(8-13-25)26-20-4-2-1-3-19(20)23-22(26)28/h1-4,16-18H,5-15H2,(H,23,28)/t18-/m1/s1. The first-order valence-corrected chi connectivity index (χ1v) is 13.2. The molecule has 3 aliphatic heterocycles. The molecular formula is C22H30N4O4S. The third kappa shape index (κ3) is 4.05. The largest absolute Gasteiger partial charge is 0.342 e. The van der Waals surface area contributed by atoms with Gasteiger partial charge in [0.25, 0.3) is 0 Å². The van der Waals surface area contributed by atoms with Crippen LogP contribution in [-0.4, -0.2) is 77.4 Å². The van der Waals surface area contributed by atoms with Crippen LogP contribution in [-0.2, 0) is 14.6 Å². The fourth-order valence-electron chi connectivity index (χ4n) is 5.61. The topological polar surface area (TPSA) is 95.5 Å². The number of carbonyl (C=O) groups is 1. The maximum Gasteiger partial charge on any atom is 0.326 e. The van der Waals surface area contributed by atoms with E-state index in [1.54, 1.807) is 0 Å². The summed E-state index contributed by atoms with van der Waals surface area (Å²) in [6, 6.07) is 7.98. The summed E-state index contributed by atoms with van der Waals surface area (Å²) >= 11 is 0. The van der Waals surface area contributed by atoms with Crippen molar-refractivity contribution in [2.45, 2.75) is 44.2 Å². The molecular weight excluding hydrogens is 416 g/mol. The van der Waals surface area contributed by atoms with Crippen molar-refractivity contribution in [3.63, 3.8) is 0 Å². The van der Waals surface area contributed by atoms with Gasteiger partial charge < -0.3 is 9.88 Å². The van der Waals surface area contributed by atoms with Crippen LogP contribution in [0.1, 0.15) is 38.1 Å². The molecule has 5 rings (SSSR count). The zero-order valence-corrected chi connectivity index (χ0v) is 18.5. The van der Waals surface area contributed by atoms with E-state index in [4.69, 9.17) is 0 Å². The van der Waals surface area contributed by atoms with Crippen molar-refractivity contribution in [3.8, 4) is 0 Å². The van der Waals surface area contributed by atoms with E-state index >= 15 is 0 Å². The van der Waals surface area contributed by atoms with E-state index < -0.39 is 9.84 Å². The minimum atomic E-state index is -2.88. The van der Waals surface area contributed by atoms with E-state index in [1.165, 1.54) is 0 Å². The Bertz CT molecular complexity index is 1120. The molecule has 0 saturated carbocycles. The Kier molecular flexibility index (Phi) is 5.42. The van der Waals surface area contributed by atoms with Crippen LogP contribution >= 0.6 is 0 Å². The molecule has 3 aliphatic rings. The third-order valence-electron chi connectivity index (χ3n) is 7.37. The number of sulfone groups is 1. The molecule has 168 valence electrons. The van der Waals surface area contributed by atoms with Crippen LogP contribution < -0.4 is 5.69 Å². The summed E-state index contributed by atoms with van der Waals surface area (Å²) in [6.45, 7) is 2.96. The molecule has 8 nitrogen and oxygen atoms in total. The van der Waals surface area contributed by atoms with Crippen molar-refractivity contribution in [3.05, 3.63) is 34.7 Å². The van der Waals surface area contributed by atoms with E-state index in [2.05, 4.69) is 9.88 Å². The predicted octanol–water partition coefficient (Wildman–Crippen LogP) is 1.39. The molecule has 3 saturated heterocycles. The number of imidazole rings is 1. The quantitative estimate of drug-likeness (QED) is 0.769. The average molecular weight is 447 g/mol. The lowest BCUT2D eigenvalue weighted by molar-refractivity contribution is -0.138. The molecule has 1 aromatic carbocycles. The van der Waals surface area contributed by atoms with Crippen molar-refractivity contribution < 1.29 is 13.2 Å². The number of hydrogen-bond donors (Lipinski definition) is 1. The van der Waals surface area contributed by atoms with E-state index in [1.807, 2.05) is 33.7 Å². The highest BCUT2D eigenvalue weighted by Gasteiger charge is 2.37. The molecule has 1 atom stereocenters. The fraction of sp³-hybridized carbons (Fsp3) is 0.636. The molecule has 0 unspecified atom stereocenters. The second kappa shape index (κ2) is 8.09. The van der Waals surface area contributed by atoms with Gasteiger partial charge in [-0.25, -0.2) is 13.2 Å². The lowest BCUT2D eigenvalue weighted by Gasteiger charge is -2.39. The monoisotopic (exact) mass is 446 g/mol. The highest BCUT2D eigenvalue weighted by Crippen LogP contribution is 2.29. The van der Waals surface area contributed by atoms with Gasteiger partial charge in [0.15, 0.2) is 9.84 Å². The van der Waals surface area contributed by atoms with E-state index in [0.29, 0.717) is 18.8 Å². The number of likely N-dealkylation sites (tertiary alicyclic amines) is 2. The summed E-state index contributed by atoms with van der Waals surface area (Å²) < 4.78 is 25.4. The lowest BCUT2D eigenvalue weighted by atomic mass is 9.93. The van der Waals surface area contributed by atoms with Crippen molar-refractivity contribution in [2.75, 3.05) is 37.7 Å². The van der Waals surface area contributed by atoms with Gasteiger partial charge in [0.2, 0.25) is 5.91 Å². The van der Waals surface area contributed by atoms with Crippen LogP contribution in [0.2, 0.25) is 0 Å². The summed E-state index contributed by atoms with van der Waals surface area (Å²) in [5.74, 6) is 0.821. The van der Waals surface area contributed by atoms with Gasteiger partial charge in [-0.15, -0.1) is 0 Å². The van der Waals surface area contributed by atoms with Gasteiger partial charge in [-0.2, -0.15) is 0 Å². The number of carbonyl (C=O) groups excluding carboxylic acids is 1. The first-order chi connectivity index (χ1) is 14.9. The number of rotatable bonds is 3. The van der Waals surface area contributed by atoms with Crippen LogP contribution in [0.25, 0.3) is 11.0 Å². The highest BCUT2D eigenvalue weighted by atomic mass is 32.2. The van der Waals surface area contributed by atoms with E-state index in [0.717, 1.165) is 56.2 Å². The minimum Gasteiger partial charge on any atom is -0.342 e. The summed E-state index contributed by atoms with van der Waals surface area (Å²) in [5, 5.41) is 0. The Morgan fingerprint density at radius 1 is 0.935 bits per heavy atom. The number of fused-ring (bicyclic) bond motifs is 1. The van der Waals surface area contributed by atoms with Crippen molar-refractivity contribution in [1.29, 1.82) is 0 Å². The van der Waals surface area contributed by atoms with Gasteiger partial charge in [0, 0.05) is 31.1 Å². The van der Waals surface area contributed by atoms with Crippen molar-refractivity contribution in [2.24, 2.45) is 5.92 Å². The van der Waals surface area contributed by atoms with Gasteiger partial charge >= 0.3 is 5.69 Å². The number of aromatic nitrogens is 2. The Morgan fingerprint density at radius 2 is 1.65 bits per heavy atom. The van der Waals surface area contributed by atoms with Crippen LogP contribution in [0.3, 0.4) is 0 Å². The second-order valence-electron chi connectivity index (χ2n) is 9.24. The molecule has 1 aromatic heterocycles. The number of nitrogens with one attached hydrogen (secondary N) is 1. The molecule has 9 heteroatoms. The van der Waals surface area contributed by atoms with Gasteiger partial charge in [-0.05, 0) is 57.3 Å². The molecule has 0 aliphatic carbocycles. The number of nitrogens with zero attached hydrogens (tertiary/aromatic N) is 3. The summed E-state index contributed by atoms with van der Waals surface area (Å²) in [4.78, 5) is 32.7. The molecule has 3 fully saturated rings. The third-order valence-corrected chi connectivity index (χ3v) is 9.12. The lowest BCUT2D eigenvalue weighted by Crippen LogP contribution is -2.48. The number of piperidine rings is 2. The molecule has 31 heavy (non-hydrogen) atoms. The fourth-order valence-corrected chi connectivity index (χ4v) is 7.38. The molecule has 0 spiro atoms. The Hall–Kier alpha value is -2.13. The maximum absolute atomic E-state index is 13.1. The van der Waals surface area contributed by atoms with Gasteiger partial charge in [-0.3, -0.25) is 14.3 Å². The zero-order valence-electron chi connectivity index (χ0n) is 17.7. The second-order valence-corrected chi connectivity index (χ2v) is 11.5. The number of benzene rings is 1. The molecule has 1 amide bonds. The smallest absolute Gasteiger partial charge is 0.326 e. The van der Waals surface area contributed by atoms with Crippen LogP contribution in [0.4, 0.5) is 0 Å². The minimum absolute atomic E-state index is 0.0293. The zero-order chi connectivity index (χ0) is 21.6. The normalized spacial score (nSPS) is 25.9. The summed E-state index contributed by atoms with van der Waals surface area (Å²) in [7, 11) is -2.88. The van der Waals surface area contributed by atoms with E-state index in [9.17, 15) is 18.0 Å². The number of aromatic amines is 1. The summed E-state index contributed by atoms with van der Waals surface area (Å²) in [6.07, 6.45) is 3.90. The van der Waals surface area contributed by atoms with Gasteiger partial charge in [0.05, 0.1) is 22.5 Å². The molecule has 4 heterocycles. The Balaban J connectivity index is 1.16. The number of para-hydroxylation sites is 2. The SMILES string of the molecule is O=C(C1CCN([C@@H]2CCS(=O)(=O)C2)CC1)N1CCC(n2c(=O)[nH]c3ccccc32)CC1. The molecule has 0 bridgehead atoms. The summed E-state index contributed by atoms with van der Waals surface area (Å²) in [5.41, 5.74) is 1.71. The highest BCUT2D eigenvalue weighted by molar-refractivity contribution is 7.91. The number of amides is 1. The Morgan fingerprint density at radius 3 is 2.32 bits per heavy atom. The molecule has 1 N–H and O–H groups in total. The Labute approximate surface area is 182 Å². The van der Waals surface area contributed by atoms with Crippen LogP contribution in [0.15, 0.2) is 29.1 Å². The van der Waals surface area contributed by atoms with E-state index in [-0.39, 0.29) is 35.4 Å². The van der Waals surface area contributed by atoms with Gasteiger partial charge in [-0.1, -0.05) is 12.1 Å².